The highest BCUT2D eigenvalue weighted by Crippen LogP contribution is 2.14. The normalized spacial score (nSPS) is 12.0. The Labute approximate surface area is 66.6 Å². The number of aryl methyl sites for hydroxylation is 1. The van der Waals surface area contributed by atoms with Crippen LogP contribution in [-0.4, -0.2) is 20.2 Å². The van der Waals surface area contributed by atoms with Crippen LogP contribution in [0.2, 0.25) is 0 Å². The van der Waals surface area contributed by atoms with Crippen molar-refractivity contribution in [3.05, 3.63) is 5.82 Å². The van der Waals surface area contributed by atoms with Crippen LogP contribution < -0.4 is 0 Å². The molecule has 0 spiro atoms. The summed E-state index contributed by atoms with van der Waals surface area (Å²) in [7, 11) is 0. The quantitative estimate of drug-likeness (QED) is 0.606. The molecule has 0 fully saturated rings. The van der Waals surface area contributed by atoms with Gasteiger partial charge in [0.2, 0.25) is 0 Å². The van der Waals surface area contributed by atoms with E-state index in [9.17, 15) is 0 Å². The Kier molecular flexibility index (Phi) is 1.93. The summed E-state index contributed by atoms with van der Waals surface area (Å²) in [5.74, 6) is 0.731. The Morgan fingerprint density at radius 3 is 2.36 bits per heavy atom. The smallest absolute Gasteiger partial charge is 0.164 e. The Morgan fingerprint density at radius 2 is 2.00 bits per heavy atom. The molecule has 0 saturated heterocycles. The van der Waals surface area contributed by atoms with Crippen molar-refractivity contribution in [2.24, 2.45) is 5.41 Å². The van der Waals surface area contributed by atoms with E-state index in [1.807, 2.05) is 6.92 Å². The van der Waals surface area contributed by atoms with Crippen LogP contribution in [-0.2, 0) is 6.54 Å². The Bertz CT molecular complexity index is 233. The van der Waals surface area contributed by atoms with Crippen molar-refractivity contribution in [1.82, 2.24) is 20.2 Å². The molecule has 1 rings (SSSR count). The monoisotopic (exact) mass is 154 g/mol. The van der Waals surface area contributed by atoms with Gasteiger partial charge in [0, 0.05) is 0 Å². The number of rotatable bonds is 1. The van der Waals surface area contributed by atoms with E-state index in [0.717, 1.165) is 12.4 Å². The van der Waals surface area contributed by atoms with E-state index >= 15 is 0 Å². The first-order valence-corrected chi connectivity index (χ1v) is 3.72. The molecule has 0 N–H and O–H groups in total. The lowest BCUT2D eigenvalue weighted by molar-refractivity contribution is 0.299. The van der Waals surface area contributed by atoms with Crippen LogP contribution in [0.1, 0.15) is 26.6 Å². The molecule has 62 valence electrons. The third-order valence-corrected chi connectivity index (χ3v) is 1.17. The number of tetrazole rings is 1. The van der Waals surface area contributed by atoms with Crippen LogP contribution >= 0.6 is 0 Å². The number of aromatic nitrogens is 4. The summed E-state index contributed by atoms with van der Waals surface area (Å²) in [4.78, 5) is 1.63. The minimum Gasteiger partial charge on any atom is -0.164 e. The molecular formula is C7H14N4. The van der Waals surface area contributed by atoms with E-state index in [1.54, 1.807) is 4.80 Å². The third kappa shape index (κ3) is 2.65. The molecular weight excluding hydrogens is 140 g/mol. The van der Waals surface area contributed by atoms with Crippen LogP contribution in [0.4, 0.5) is 0 Å². The highest BCUT2D eigenvalue weighted by atomic mass is 15.6. The number of nitrogens with zero attached hydrogens (tertiary/aromatic N) is 4. The predicted molar refractivity (Wildman–Crippen MR) is 42.0 cm³/mol. The summed E-state index contributed by atoms with van der Waals surface area (Å²) in [5, 5.41) is 11.7. The van der Waals surface area contributed by atoms with E-state index in [4.69, 9.17) is 0 Å². The Balaban J connectivity index is 2.65. The van der Waals surface area contributed by atoms with Gasteiger partial charge in [0.05, 0.1) is 6.54 Å². The van der Waals surface area contributed by atoms with Crippen molar-refractivity contribution in [3.63, 3.8) is 0 Å². The van der Waals surface area contributed by atoms with Gasteiger partial charge in [0.25, 0.3) is 0 Å². The maximum absolute atomic E-state index is 4.09. The van der Waals surface area contributed by atoms with E-state index < -0.39 is 0 Å². The SMILES string of the molecule is Cc1nnn(CC(C)(C)C)n1. The minimum atomic E-state index is 0.215. The van der Waals surface area contributed by atoms with Crippen molar-refractivity contribution in [1.29, 1.82) is 0 Å². The zero-order valence-corrected chi connectivity index (χ0v) is 7.50. The Hall–Kier alpha value is -0.930. The first-order valence-electron chi connectivity index (χ1n) is 3.72. The lowest BCUT2D eigenvalue weighted by atomic mass is 9.97. The molecule has 4 heteroatoms. The van der Waals surface area contributed by atoms with Crippen molar-refractivity contribution in [2.45, 2.75) is 34.2 Å². The van der Waals surface area contributed by atoms with Gasteiger partial charge in [-0.05, 0) is 17.6 Å². The van der Waals surface area contributed by atoms with Gasteiger partial charge in [-0.25, -0.2) is 0 Å². The standard InChI is InChI=1S/C7H14N4/c1-6-8-10-11(9-6)5-7(2,3)4/h5H2,1-4H3. The van der Waals surface area contributed by atoms with E-state index in [2.05, 4.69) is 36.2 Å². The molecule has 0 unspecified atom stereocenters. The fraction of sp³-hybridized carbons (Fsp3) is 0.857. The average molecular weight is 154 g/mol. The van der Waals surface area contributed by atoms with Crippen LogP contribution in [0.15, 0.2) is 0 Å². The van der Waals surface area contributed by atoms with E-state index in [-0.39, 0.29) is 5.41 Å². The molecule has 1 heterocycles. The lowest BCUT2D eigenvalue weighted by Crippen LogP contribution is -2.17. The van der Waals surface area contributed by atoms with Crippen LogP contribution in [0.3, 0.4) is 0 Å². The second-order valence-corrected chi connectivity index (χ2v) is 3.93. The van der Waals surface area contributed by atoms with Crippen molar-refractivity contribution in [3.8, 4) is 0 Å². The zero-order chi connectivity index (χ0) is 8.48. The Morgan fingerprint density at radius 1 is 1.36 bits per heavy atom. The molecule has 0 atom stereocenters. The van der Waals surface area contributed by atoms with Crippen LogP contribution in [0.25, 0.3) is 0 Å². The first kappa shape index (κ1) is 8.17. The molecule has 0 aliphatic rings. The van der Waals surface area contributed by atoms with Gasteiger partial charge >= 0.3 is 0 Å². The maximum Gasteiger partial charge on any atom is 0.171 e. The summed E-state index contributed by atoms with van der Waals surface area (Å²) < 4.78 is 0. The molecule has 0 aliphatic heterocycles. The van der Waals surface area contributed by atoms with Crippen molar-refractivity contribution in [2.75, 3.05) is 0 Å². The summed E-state index contributed by atoms with van der Waals surface area (Å²) in [6.07, 6.45) is 0. The largest absolute Gasteiger partial charge is 0.171 e. The summed E-state index contributed by atoms with van der Waals surface area (Å²) in [6.45, 7) is 9.09. The molecule has 11 heavy (non-hydrogen) atoms. The molecule has 0 radical (unpaired) electrons. The van der Waals surface area contributed by atoms with Crippen LogP contribution in [0.5, 0.6) is 0 Å². The molecule has 0 aliphatic carbocycles. The number of hydrogen-bond donors (Lipinski definition) is 0. The van der Waals surface area contributed by atoms with Gasteiger partial charge in [-0.2, -0.15) is 4.80 Å². The van der Waals surface area contributed by atoms with Gasteiger partial charge in [0.15, 0.2) is 5.82 Å². The highest BCUT2D eigenvalue weighted by molar-refractivity contribution is 4.68. The van der Waals surface area contributed by atoms with E-state index in [0.29, 0.717) is 0 Å². The molecule has 0 bridgehead atoms. The summed E-state index contributed by atoms with van der Waals surface area (Å²) in [5.41, 5.74) is 0.215. The lowest BCUT2D eigenvalue weighted by Gasteiger charge is -2.15. The third-order valence-electron chi connectivity index (χ3n) is 1.17. The van der Waals surface area contributed by atoms with Gasteiger partial charge in [-0.15, -0.1) is 10.2 Å². The van der Waals surface area contributed by atoms with Gasteiger partial charge in [-0.1, -0.05) is 20.8 Å². The van der Waals surface area contributed by atoms with Crippen molar-refractivity contribution < 1.29 is 0 Å². The minimum absolute atomic E-state index is 0.215. The maximum atomic E-state index is 4.09. The molecule has 1 aromatic rings. The van der Waals surface area contributed by atoms with E-state index in [1.165, 1.54) is 0 Å². The van der Waals surface area contributed by atoms with Gasteiger partial charge in [-0.3, -0.25) is 0 Å². The number of hydrogen-bond acceptors (Lipinski definition) is 3. The topological polar surface area (TPSA) is 43.6 Å². The molecule has 4 nitrogen and oxygen atoms in total. The fourth-order valence-corrected chi connectivity index (χ4v) is 0.815. The zero-order valence-electron chi connectivity index (χ0n) is 7.50. The summed E-state index contributed by atoms with van der Waals surface area (Å²) in [6, 6.07) is 0. The highest BCUT2D eigenvalue weighted by Gasteiger charge is 2.12. The average Bonchev–Trinajstić information content (AvgIpc) is 2.10. The first-order chi connectivity index (χ1) is 4.97. The van der Waals surface area contributed by atoms with Crippen LogP contribution in [0, 0.1) is 12.3 Å². The second-order valence-electron chi connectivity index (χ2n) is 3.93. The summed E-state index contributed by atoms with van der Waals surface area (Å²) >= 11 is 0. The predicted octanol–water partition coefficient (Wildman–Crippen LogP) is 1.03. The fourth-order valence-electron chi connectivity index (χ4n) is 0.815. The van der Waals surface area contributed by atoms with Gasteiger partial charge in [0.1, 0.15) is 0 Å². The second kappa shape index (κ2) is 2.60. The van der Waals surface area contributed by atoms with Gasteiger partial charge < -0.3 is 0 Å². The molecule has 0 saturated carbocycles. The molecule has 0 amide bonds. The molecule has 0 aromatic carbocycles. The molecule has 1 aromatic heterocycles. The van der Waals surface area contributed by atoms with Crippen molar-refractivity contribution >= 4 is 0 Å².